The Kier molecular flexibility index (Phi) is 7.85. The molecule has 3 aromatic heterocycles. The van der Waals surface area contributed by atoms with Crippen LogP contribution in [0.2, 0.25) is 5.15 Å². The highest BCUT2D eigenvalue weighted by Gasteiger charge is 2.28. The van der Waals surface area contributed by atoms with Crippen LogP contribution in [-0.2, 0) is 24.5 Å². The predicted octanol–water partition coefficient (Wildman–Crippen LogP) is 4.49. The van der Waals surface area contributed by atoms with Gasteiger partial charge < -0.3 is 9.47 Å². The number of ether oxygens (including phenoxy) is 2. The van der Waals surface area contributed by atoms with E-state index in [-0.39, 0.29) is 41.5 Å². The van der Waals surface area contributed by atoms with Crippen molar-refractivity contribution in [3.05, 3.63) is 75.4 Å². The van der Waals surface area contributed by atoms with Crippen molar-refractivity contribution in [2.45, 2.75) is 39.2 Å². The molecule has 190 valence electrons. The van der Waals surface area contributed by atoms with Gasteiger partial charge in [-0.3, -0.25) is 4.57 Å². The molecule has 0 aliphatic rings. The Bertz CT molecular complexity index is 1410. The highest BCUT2D eigenvalue weighted by atomic mass is 35.5. The van der Waals surface area contributed by atoms with Crippen molar-refractivity contribution in [1.29, 1.82) is 0 Å². The van der Waals surface area contributed by atoms with Gasteiger partial charge >= 0.3 is 5.69 Å². The fourth-order valence-electron chi connectivity index (χ4n) is 3.50. The Morgan fingerprint density at radius 2 is 1.89 bits per heavy atom. The zero-order valence-electron chi connectivity index (χ0n) is 18.9. The van der Waals surface area contributed by atoms with Gasteiger partial charge in [0.15, 0.2) is 23.6 Å². The molecule has 0 aliphatic carbocycles. The summed E-state index contributed by atoms with van der Waals surface area (Å²) in [7, 11) is 0. The molecule has 0 spiro atoms. The first kappa shape index (κ1) is 25.6. The molecule has 0 aliphatic heterocycles. The van der Waals surface area contributed by atoms with E-state index in [1.807, 2.05) is 30.3 Å². The van der Waals surface area contributed by atoms with E-state index >= 15 is 4.39 Å². The first-order valence-corrected chi connectivity index (χ1v) is 11.2. The molecule has 36 heavy (non-hydrogen) atoms. The monoisotopic (exact) mass is 525 g/mol. The molecule has 0 bridgehead atoms. The average molecular weight is 526 g/mol. The molecular weight excluding hydrogens is 506 g/mol. The van der Waals surface area contributed by atoms with E-state index in [9.17, 15) is 18.0 Å². The number of benzene rings is 1. The number of aromatic nitrogens is 5. The van der Waals surface area contributed by atoms with Crippen LogP contribution in [0.5, 0.6) is 5.88 Å². The summed E-state index contributed by atoms with van der Waals surface area (Å²) in [4.78, 5) is 20.7. The molecule has 0 fully saturated rings. The van der Waals surface area contributed by atoms with Gasteiger partial charge in [-0.25, -0.2) is 27.3 Å². The number of fused-ring (bicyclic) bond motifs is 1. The molecule has 4 rings (SSSR count). The summed E-state index contributed by atoms with van der Waals surface area (Å²) >= 11 is 6.05. The Labute approximate surface area is 207 Å². The summed E-state index contributed by atoms with van der Waals surface area (Å²) in [5.74, 6) is -2.07. The summed E-state index contributed by atoms with van der Waals surface area (Å²) in [6, 6.07) is 10.5. The second kappa shape index (κ2) is 11.0. The average Bonchev–Trinajstić information content (AvgIpc) is 3.19. The van der Waals surface area contributed by atoms with Crippen molar-refractivity contribution in [2.24, 2.45) is 0 Å². The van der Waals surface area contributed by atoms with Crippen LogP contribution in [-0.4, -0.2) is 43.5 Å². The highest BCUT2D eigenvalue weighted by Crippen LogP contribution is 2.34. The second-order valence-corrected chi connectivity index (χ2v) is 7.92. The van der Waals surface area contributed by atoms with Gasteiger partial charge in [0.2, 0.25) is 5.88 Å². The molecule has 0 N–H and O–H groups in total. The smallest absolute Gasteiger partial charge is 0.352 e. The van der Waals surface area contributed by atoms with E-state index in [4.69, 9.17) is 21.1 Å². The van der Waals surface area contributed by atoms with Gasteiger partial charge in [-0.05, 0) is 18.6 Å². The minimum Gasteiger partial charge on any atom is -0.465 e. The van der Waals surface area contributed by atoms with Crippen LogP contribution in [0, 0.1) is 5.82 Å². The molecule has 0 saturated carbocycles. The lowest BCUT2D eigenvalue weighted by molar-refractivity contribution is -0.00268. The molecule has 0 radical (unpaired) electrons. The van der Waals surface area contributed by atoms with Crippen molar-refractivity contribution in [3.8, 4) is 11.7 Å². The summed E-state index contributed by atoms with van der Waals surface area (Å²) in [6.07, 6.45) is -4.22. The number of pyridine rings is 2. The standard InChI is InChI=1S/C23H20ClF4N5O3/c1-2-32-16(12-35-11-13-6-4-3-5-7-13)31-33(23(32)34)21-18(26)14-8-9-29-19(24)17(14)22(30-21)36-15(10-25)20(27)28/h3-9,15,20H,2,10-12H2,1H3. The molecule has 8 nitrogen and oxygen atoms in total. The Balaban J connectivity index is 1.77. The third kappa shape index (κ3) is 5.05. The summed E-state index contributed by atoms with van der Waals surface area (Å²) in [6.45, 7) is 0.502. The molecule has 0 saturated heterocycles. The van der Waals surface area contributed by atoms with Crippen LogP contribution in [0.1, 0.15) is 18.3 Å². The van der Waals surface area contributed by atoms with Crippen LogP contribution in [0.4, 0.5) is 17.6 Å². The lowest BCUT2D eigenvalue weighted by Crippen LogP contribution is -2.29. The van der Waals surface area contributed by atoms with Gasteiger partial charge in [0.05, 0.1) is 12.0 Å². The molecule has 3 heterocycles. The number of hydrogen-bond donors (Lipinski definition) is 0. The molecular formula is C23H20ClF4N5O3. The van der Waals surface area contributed by atoms with E-state index in [1.54, 1.807) is 6.92 Å². The highest BCUT2D eigenvalue weighted by molar-refractivity contribution is 6.34. The van der Waals surface area contributed by atoms with Crippen molar-refractivity contribution in [2.75, 3.05) is 6.67 Å². The van der Waals surface area contributed by atoms with Crippen molar-refractivity contribution >= 4 is 22.4 Å². The maximum Gasteiger partial charge on any atom is 0.352 e. The fraction of sp³-hybridized carbons (Fsp3) is 0.304. The lowest BCUT2D eigenvalue weighted by atomic mass is 10.2. The van der Waals surface area contributed by atoms with E-state index in [1.165, 1.54) is 16.8 Å². The van der Waals surface area contributed by atoms with Crippen LogP contribution in [0.25, 0.3) is 16.6 Å². The molecule has 1 aromatic carbocycles. The van der Waals surface area contributed by atoms with Gasteiger partial charge in [0, 0.05) is 18.1 Å². The third-order valence-electron chi connectivity index (χ3n) is 5.25. The topological polar surface area (TPSA) is 84.1 Å². The second-order valence-electron chi connectivity index (χ2n) is 7.56. The SMILES string of the molecule is CCn1c(COCc2ccccc2)nn(-c2nc(OC(CF)C(F)F)c3c(Cl)nccc3c2F)c1=O. The Morgan fingerprint density at radius 1 is 1.14 bits per heavy atom. The summed E-state index contributed by atoms with van der Waals surface area (Å²) < 4.78 is 67.7. The van der Waals surface area contributed by atoms with E-state index < -0.39 is 42.4 Å². The van der Waals surface area contributed by atoms with Gasteiger partial charge in [-0.1, -0.05) is 41.9 Å². The van der Waals surface area contributed by atoms with Crippen LogP contribution < -0.4 is 10.4 Å². The number of alkyl halides is 3. The molecule has 0 amide bonds. The maximum atomic E-state index is 15.5. The van der Waals surface area contributed by atoms with Crippen LogP contribution in [0.3, 0.4) is 0 Å². The number of nitrogens with zero attached hydrogens (tertiary/aromatic N) is 5. The first-order valence-electron chi connectivity index (χ1n) is 10.8. The van der Waals surface area contributed by atoms with E-state index in [2.05, 4.69) is 15.1 Å². The van der Waals surface area contributed by atoms with E-state index in [0.717, 1.165) is 5.56 Å². The zero-order valence-corrected chi connectivity index (χ0v) is 19.6. The van der Waals surface area contributed by atoms with Gasteiger partial charge in [0.1, 0.15) is 18.4 Å². The minimum absolute atomic E-state index is 0.0748. The minimum atomic E-state index is -3.20. The Hall–Kier alpha value is -3.51. The van der Waals surface area contributed by atoms with Gasteiger partial charge in [-0.2, -0.15) is 9.67 Å². The quantitative estimate of drug-likeness (QED) is 0.224. The van der Waals surface area contributed by atoms with Crippen LogP contribution in [0.15, 0.2) is 47.4 Å². The Morgan fingerprint density at radius 3 is 2.56 bits per heavy atom. The van der Waals surface area contributed by atoms with Gasteiger partial charge in [-0.15, -0.1) is 5.10 Å². The number of rotatable bonds is 10. The largest absolute Gasteiger partial charge is 0.465 e. The van der Waals surface area contributed by atoms with Crippen molar-refractivity contribution in [3.63, 3.8) is 0 Å². The fourth-order valence-corrected chi connectivity index (χ4v) is 3.74. The normalized spacial score (nSPS) is 12.4. The first-order chi connectivity index (χ1) is 17.3. The predicted molar refractivity (Wildman–Crippen MR) is 123 cm³/mol. The van der Waals surface area contributed by atoms with Crippen molar-refractivity contribution < 1.29 is 27.0 Å². The summed E-state index contributed by atoms with van der Waals surface area (Å²) in [5.41, 5.74) is 0.154. The van der Waals surface area contributed by atoms with Crippen LogP contribution >= 0.6 is 11.6 Å². The van der Waals surface area contributed by atoms with Crippen molar-refractivity contribution in [1.82, 2.24) is 24.3 Å². The zero-order chi connectivity index (χ0) is 25.8. The molecule has 1 unspecified atom stereocenters. The number of halogens is 5. The molecule has 1 atom stereocenters. The summed E-state index contributed by atoms with van der Waals surface area (Å²) in [5, 5.41) is 3.40. The third-order valence-corrected chi connectivity index (χ3v) is 5.54. The number of hydrogen-bond acceptors (Lipinski definition) is 6. The lowest BCUT2D eigenvalue weighted by Gasteiger charge is -2.17. The van der Waals surface area contributed by atoms with Gasteiger partial charge in [0.25, 0.3) is 6.43 Å². The molecule has 13 heteroatoms. The van der Waals surface area contributed by atoms with E-state index in [0.29, 0.717) is 4.68 Å². The maximum absolute atomic E-state index is 15.5. The molecule has 4 aromatic rings.